The van der Waals surface area contributed by atoms with Crippen molar-refractivity contribution in [3.8, 4) is 0 Å². The van der Waals surface area contributed by atoms with Gasteiger partial charge in [-0.3, -0.25) is 14.4 Å². The van der Waals surface area contributed by atoms with Crippen LogP contribution in [-0.2, 0) is 11.3 Å². The third kappa shape index (κ3) is 2.24. The average Bonchev–Trinajstić information content (AvgIpc) is 2.79. The van der Waals surface area contributed by atoms with Crippen molar-refractivity contribution in [1.82, 2.24) is 19.9 Å². The fourth-order valence-electron chi connectivity index (χ4n) is 3.20. The molecule has 3 rings (SSSR count). The first-order valence-electron chi connectivity index (χ1n) is 6.44. The number of hydrogen-bond acceptors (Lipinski definition) is 4. The minimum absolute atomic E-state index is 0.455. The van der Waals surface area contributed by atoms with Crippen LogP contribution in [0.25, 0.3) is 0 Å². The molecular weight excluding hydrogens is 216 g/mol. The topological polar surface area (TPSA) is 51.0 Å². The Kier molecular flexibility index (Phi) is 2.93. The van der Waals surface area contributed by atoms with Gasteiger partial charge in [-0.25, -0.2) is 0 Å². The number of aromatic nitrogens is 3. The van der Waals surface area contributed by atoms with Crippen molar-refractivity contribution >= 4 is 5.78 Å². The zero-order chi connectivity index (χ0) is 11.7. The number of Topliss-reactive ketones (excluding diaryl/α,β-unsaturated/α-hetero) is 1. The number of rotatable bonds is 3. The number of nitrogens with zero attached hydrogens (tertiary/aromatic N) is 4. The number of ketones is 1. The number of hydrogen-bond donors (Lipinski definition) is 0. The summed E-state index contributed by atoms with van der Waals surface area (Å²) in [5, 5.41) is 7.79. The van der Waals surface area contributed by atoms with Gasteiger partial charge in [-0.05, 0) is 12.8 Å². The minimum Gasteiger partial charge on any atom is -0.300 e. The molecule has 3 heterocycles. The molecule has 5 nitrogen and oxygen atoms in total. The van der Waals surface area contributed by atoms with Gasteiger partial charge in [0.2, 0.25) is 0 Å². The van der Waals surface area contributed by atoms with E-state index < -0.39 is 0 Å². The van der Waals surface area contributed by atoms with Crippen molar-refractivity contribution < 1.29 is 4.79 Å². The van der Waals surface area contributed by atoms with Crippen LogP contribution in [0.2, 0.25) is 0 Å². The molecule has 2 unspecified atom stereocenters. The van der Waals surface area contributed by atoms with E-state index in [4.69, 9.17) is 0 Å². The average molecular weight is 234 g/mol. The van der Waals surface area contributed by atoms with E-state index in [9.17, 15) is 4.79 Å². The van der Waals surface area contributed by atoms with Gasteiger partial charge in [0.15, 0.2) is 0 Å². The van der Waals surface area contributed by atoms with Crippen molar-refractivity contribution in [1.29, 1.82) is 0 Å². The predicted octanol–water partition coefficient (Wildman–Crippen LogP) is 0.864. The van der Waals surface area contributed by atoms with Crippen LogP contribution in [0, 0.1) is 0 Å². The van der Waals surface area contributed by atoms with Crippen molar-refractivity contribution in [3.05, 3.63) is 12.4 Å². The van der Waals surface area contributed by atoms with Gasteiger partial charge in [-0.1, -0.05) is 11.6 Å². The second-order valence-corrected chi connectivity index (χ2v) is 5.09. The molecule has 2 aliphatic rings. The molecular formula is C12H18N4O. The standard InChI is InChI=1S/C12H18N4O/c17-12-8-10-2-1-3-11(9-12)16(10)7-6-15-5-4-13-14-15/h4-5,10-11H,1-3,6-9H2. The van der Waals surface area contributed by atoms with Gasteiger partial charge in [0.05, 0.1) is 12.7 Å². The van der Waals surface area contributed by atoms with Gasteiger partial charge in [-0.2, -0.15) is 0 Å². The lowest BCUT2D eigenvalue weighted by Gasteiger charge is -2.45. The zero-order valence-electron chi connectivity index (χ0n) is 9.96. The van der Waals surface area contributed by atoms with Crippen LogP contribution in [-0.4, -0.2) is 44.3 Å². The third-order valence-corrected chi connectivity index (χ3v) is 4.00. The smallest absolute Gasteiger partial charge is 0.136 e. The van der Waals surface area contributed by atoms with E-state index in [-0.39, 0.29) is 0 Å². The maximum Gasteiger partial charge on any atom is 0.136 e. The third-order valence-electron chi connectivity index (χ3n) is 4.00. The van der Waals surface area contributed by atoms with Crippen LogP contribution in [0.4, 0.5) is 0 Å². The summed E-state index contributed by atoms with van der Waals surface area (Å²) in [6.45, 7) is 1.87. The molecule has 0 N–H and O–H groups in total. The summed E-state index contributed by atoms with van der Waals surface area (Å²) in [5.74, 6) is 0.455. The monoisotopic (exact) mass is 234 g/mol. The van der Waals surface area contributed by atoms with Crippen molar-refractivity contribution in [3.63, 3.8) is 0 Å². The van der Waals surface area contributed by atoms with E-state index in [0.29, 0.717) is 17.9 Å². The van der Waals surface area contributed by atoms with E-state index in [0.717, 1.165) is 25.9 Å². The lowest BCUT2D eigenvalue weighted by molar-refractivity contribution is -0.127. The molecule has 0 radical (unpaired) electrons. The van der Waals surface area contributed by atoms with Gasteiger partial charge in [0.25, 0.3) is 0 Å². The van der Waals surface area contributed by atoms with Crippen LogP contribution in [0.3, 0.4) is 0 Å². The normalized spacial score (nSPS) is 29.5. The second-order valence-electron chi connectivity index (χ2n) is 5.09. The number of carbonyl (C=O) groups excluding carboxylic acids is 1. The highest BCUT2D eigenvalue weighted by atomic mass is 16.1. The Morgan fingerprint density at radius 1 is 1.24 bits per heavy atom. The van der Waals surface area contributed by atoms with Gasteiger partial charge < -0.3 is 0 Å². The highest BCUT2D eigenvalue weighted by Crippen LogP contribution is 2.31. The van der Waals surface area contributed by atoms with E-state index >= 15 is 0 Å². The summed E-state index contributed by atoms with van der Waals surface area (Å²) < 4.78 is 1.87. The van der Waals surface area contributed by atoms with Gasteiger partial charge in [-0.15, -0.1) is 5.10 Å². The van der Waals surface area contributed by atoms with Crippen LogP contribution < -0.4 is 0 Å². The van der Waals surface area contributed by atoms with Gasteiger partial charge >= 0.3 is 0 Å². The number of carbonyl (C=O) groups is 1. The van der Waals surface area contributed by atoms with Crippen molar-refractivity contribution in [2.45, 2.75) is 50.7 Å². The summed E-state index contributed by atoms with van der Waals surface area (Å²) in [5.41, 5.74) is 0. The quantitative estimate of drug-likeness (QED) is 0.778. The Morgan fingerprint density at radius 2 is 2.00 bits per heavy atom. The summed E-state index contributed by atoms with van der Waals surface area (Å²) in [7, 11) is 0. The molecule has 92 valence electrons. The number of piperidine rings is 2. The molecule has 17 heavy (non-hydrogen) atoms. The molecule has 2 fully saturated rings. The molecule has 0 spiro atoms. The Bertz CT molecular complexity index is 373. The molecule has 2 saturated heterocycles. The lowest BCUT2D eigenvalue weighted by atomic mass is 9.84. The molecule has 2 bridgehead atoms. The highest BCUT2D eigenvalue weighted by molar-refractivity contribution is 5.80. The Morgan fingerprint density at radius 3 is 2.65 bits per heavy atom. The molecule has 0 saturated carbocycles. The van der Waals surface area contributed by atoms with Gasteiger partial charge in [0, 0.05) is 37.7 Å². The minimum atomic E-state index is 0.455. The first-order chi connectivity index (χ1) is 8.33. The van der Waals surface area contributed by atoms with Crippen molar-refractivity contribution in [2.24, 2.45) is 0 Å². The first kappa shape index (κ1) is 10.9. The Balaban J connectivity index is 1.64. The number of fused-ring (bicyclic) bond motifs is 2. The summed E-state index contributed by atoms with van der Waals surface area (Å²) in [6.07, 6.45) is 8.76. The molecule has 2 atom stereocenters. The van der Waals surface area contributed by atoms with E-state index in [1.165, 1.54) is 19.3 Å². The van der Waals surface area contributed by atoms with E-state index in [1.807, 2.05) is 10.9 Å². The fourth-order valence-corrected chi connectivity index (χ4v) is 3.20. The van der Waals surface area contributed by atoms with Gasteiger partial charge in [0.1, 0.15) is 5.78 Å². The predicted molar refractivity (Wildman–Crippen MR) is 62.4 cm³/mol. The lowest BCUT2D eigenvalue weighted by Crippen LogP contribution is -2.53. The summed E-state index contributed by atoms with van der Waals surface area (Å²) in [6, 6.07) is 0.969. The maximum atomic E-state index is 11.6. The van der Waals surface area contributed by atoms with Crippen LogP contribution in [0.1, 0.15) is 32.1 Å². The summed E-state index contributed by atoms with van der Waals surface area (Å²) >= 11 is 0. The largest absolute Gasteiger partial charge is 0.300 e. The molecule has 1 aromatic heterocycles. The molecule has 0 aromatic carbocycles. The van der Waals surface area contributed by atoms with Crippen LogP contribution in [0.5, 0.6) is 0 Å². The van der Waals surface area contributed by atoms with Crippen LogP contribution in [0.15, 0.2) is 12.4 Å². The van der Waals surface area contributed by atoms with Crippen LogP contribution >= 0.6 is 0 Å². The maximum absolute atomic E-state index is 11.6. The second kappa shape index (κ2) is 4.56. The Hall–Kier alpha value is -1.23. The van der Waals surface area contributed by atoms with Crippen molar-refractivity contribution in [2.75, 3.05) is 6.54 Å². The first-order valence-corrected chi connectivity index (χ1v) is 6.44. The zero-order valence-corrected chi connectivity index (χ0v) is 9.96. The Labute approximate surface area is 101 Å². The van der Waals surface area contributed by atoms with E-state index in [2.05, 4.69) is 15.2 Å². The summed E-state index contributed by atoms with van der Waals surface area (Å²) in [4.78, 5) is 14.1. The SMILES string of the molecule is O=C1CC2CCCC(C1)N2CCn1ccnn1. The van der Waals surface area contributed by atoms with E-state index in [1.54, 1.807) is 6.20 Å². The molecule has 0 aliphatic carbocycles. The molecule has 5 heteroatoms. The molecule has 2 aliphatic heterocycles. The molecule has 1 aromatic rings. The highest BCUT2D eigenvalue weighted by Gasteiger charge is 2.36. The fraction of sp³-hybridized carbons (Fsp3) is 0.750. The molecule has 0 amide bonds.